The normalized spacial score (nSPS) is 13.8. The molecule has 17 heavy (non-hydrogen) atoms. The number of nitrogens with one attached hydrogen (secondary N) is 1. The zero-order valence-corrected chi connectivity index (χ0v) is 11.1. The molecule has 0 saturated heterocycles. The molecule has 3 N–H and O–H groups in total. The lowest BCUT2D eigenvalue weighted by Crippen LogP contribution is -2.31. The van der Waals surface area contributed by atoms with Crippen molar-refractivity contribution < 1.29 is 8.42 Å². The molecular weight excluding hydrogens is 240 g/mol. The van der Waals surface area contributed by atoms with E-state index in [9.17, 15) is 8.42 Å². The van der Waals surface area contributed by atoms with Gasteiger partial charge in [-0.1, -0.05) is 13.3 Å². The van der Waals surface area contributed by atoms with Gasteiger partial charge in [0.05, 0.1) is 6.20 Å². The minimum atomic E-state index is -3.46. The van der Waals surface area contributed by atoms with E-state index in [0.29, 0.717) is 13.1 Å². The average molecular weight is 260 g/mol. The maximum Gasteiger partial charge on any atom is 0.257 e. The van der Waals surface area contributed by atoms with Crippen LogP contribution in [0.25, 0.3) is 0 Å². The molecule has 1 unspecified atom stereocenters. The standard InChI is InChI=1S/C10H20N4O2S/c1-3-9(4-6-11)8-13-17(15,16)10-5-7-12-14(10)2/h5,7,9,13H,3-4,6,8,11H2,1-2H3. The summed E-state index contributed by atoms with van der Waals surface area (Å²) in [5, 5.41) is 4.02. The Morgan fingerprint density at radius 2 is 2.29 bits per heavy atom. The Labute approximate surface area is 102 Å². The van der Waals surface area contributed by atoms with Crippen molar-refractivity contribution >= 4 is 10.0 Å². The van der Waals surface area contributed by atoms with Gasteiger partial charge in [-0.2, -0.15) is 5.10 Å². The van der Waals surface area contributed by atoms with Gasteiger partial charge >= 0.3 is 0 Å². The number of aromatic nitrogens is 2. The summed E-state index contributed by atoms with van der Waals surface area (Å²) in [6.07, 6.45) is 3.20. The third-order valence-electron chi connectivity index (χ3n) is 2.77. The van der Waals surface area contributed by atoms with E-state index in [0.717, 1.165) is 12.8 Å². The Morgan fingerprint density at radius 3 is 2.76 bits per heavy atom. The molecule has 98 valence electrons. The first-order valence-electron chi connectivity index (χ1n) is 5.69. The number of sulfonamides is 1. The number of hydrogen-bond acceptors (Lipinski definition) is 4. The molecule has 0 aliphatic heterocycles. The second-order valence-electron chi connectivity index (χ2n) is 4.00. The molecule has 1 atom stereocenters. The van der Waals surface area contributed by atoms with Gasteiger partial charge in [0, 0.05) is 13.6 Å². The van der Waals surface area contributed by atoms with E-state index in [2.05, 4.69) is 9.82 Å². The van der Waals surface area contributed by atoms with Crippen LogP contribution in [0.15, 0.2) is 17.3 Å². The van der Waals surface area contributed by atoms with Gasteiger partial charge in [0.25, 0.3) is 10.0 Å². The second kappa shape index (κ2) is 6.13. The summed E-state index contributed by atoms with van der Waals surface area (Å²) in [6.45, 7) is 3.02. The molecule has 6 nitrogen and oxygen atoms in total. The predicted molar refractivity (Wildman–Crippen MR) is 65.8 cm³/mol. The Bertz CT molecular complexity index is 441. The molecule has 0 aromatic carbocycles. The maximum absolute atomic E-state index is 11.9. The lowest BCUT2D eigenvalue weighted by molar-refractivity contribution is 0.464. The molecule has 1 aromatic rings. The SMILES string of the molecule is CCC(CCN)CNS(=O)(=O)c1ccnn1C. The summed E-state index contributed by atoms with van der Waals surface area (Å²) in [5.41, 5.74) is 5.47. The van der Waals surface area contributed by atoms with Gasteiger partial charge < -0.3 is 5.73 Å². The van der Waals surface area contributed by atoms with Crippen LogP contribution in [0.3, 0.4) is 0 Å². The average Bonchev–Trinajstić information content (AvgIpc) is 2.71. The third kappa shape index (κ3) is 3.79. The highest BCUT2D eigenvalue weighted by Gasteiger charge is 2.18. The Kier molecular flexibility index (Phi) is 5.10. The van der Waals surface area contributed by atoms with Gasteiger partial charge in [-0.3, -0.25) is 4.68 Å². The van der Waals surface area contributed by atoms with E-state index < -0.39 is 10.0 Å². The van der Waals surface area contributed by atoms with Gasteiger partial charge in [-0.05, 0) is 24.9 Å². The fourth-order valence-electron chi connectivity index (χ4n) is 1.61. The molecule has 0 fully saturated rings. The number of hydrogen-bond donors (Lipinski definition) is 2. The summed E-state index contributed by atoms with van der Waals surface area (Å²) in [6, 6.07) is 1.48. The molecule has 1 aromatic heterocycles. The number of nitrogens with zero attached hydrogens (tertiary/aromatic N) is 2. The first-order chi connectivity index (χ1) is 8.01. The molecule has 0 radical (unpaired) electrons. The molecule has 0 spiro atoms. The zero-order valence-electron chi connectivity index (χ0n) is 10.3. The number of rotatable bonds is 7. The molecular formula is C10H20N4O2S. The van der Waals surface area contributed by atoms with Crippen molar-refractivity contribution in [1.82, 2.24) is 14.5 Å². The van der Waals surface area contributed by atoms with Crippen molar-refractivity contribution in [3.63, 3.8) is 0 Å². The van der Waals surface area contributed by atoms with Crippen LogP contribution in [0.2, 0.25) is 0 Å². The molecule has 1 rings (SSSR count). The molecule has 0 amide bonds. The second-order valence-corrected chi connectivity index (χ2v) is 5.71. The van der Waals surface area contributed by atoms with Crippen molar-refractivity contribution in [3.05, 3.63) is 12.3 Å². The molecule has 0 aliphatic carbocycles. The van der Waals surface area contributed by atoms with Crippen molar-refractivity contribution in [2.45, 2.75) is 24.8 Å². The van der Waals surface area contributed by atoms with E-state index in [1.54, 1.807) is 7.05 Å². The Hall–Kier alpha value is -0.920. The summed E-state index contributed by atoms with van der Waals surface area (Å²) in [7, 11) is -1.86. The predicted octanol–water partition coefficient (Wildman–Crippen LogP) is 0.0734. The zero-order chi connectivity index (χ0) is 12.9. The fraction of sp³-hybridized carbons (Fsp3) is 0.700. The lowest BCUT2D eigenvalue weighted by atomic mass is 10.0. The van der Waals surface area contributed by atoms with Crippen LogP contribution < -0.4 is 10.5 Å². The van der Waals surface area contributed by atoms with Crippen LogP contribution in [0, 0.1) is 5.92 Å². The highest BCUT2D eigenvalue weighted by molar-refractivity contribution is 7.89. The summed E-state index contributed by atoms with van der Waals surface area (Å²) < 4.78 is 27.8. The highest BCUT2D eigenvalue weighted by Crippen LogP contribution is 2.09. The summed E-state index contributed by atoms with van der Waals surface area (Å²) in [4.78, 5) is 0. The van der Waals surface area contributed by atoms with Gasteiger partial charge in [-0.15, -0.1) is 0 Å². The van der Waals surface area contributed by atoms with Crippen LogP contribution in [0.5, 0.6) is 0 Å². The lowest BCUT2D eigenvalue weighted by Gasteiger charge is -2.14. The van der Waals surface area contributed by atoms with E-state index in [1.807, 2.05) is 6.92 Å². The summed E-state index contributed by atoms with van der Waals surface area (Å²) in [5.74, 6) is 0.281. The largest absolute Gasteiger partial charge is 0.330 e. The molecule has 7 heteroatoms. The van der Waals surface area contributed by atoms with Crippen LogP contribution in [0.4, 0.5) is 0 Å². The fourth-order valence-corrected chi connectivity index (χ4v) is 2.85. The first kappa shape index (κ1) is 14.1. The van der Waals surface area contributed by atoms with Crippen LogP contribution in [-0.4, -0.2) is 31.3 Å². The van der Waals surface area contributed by atoms with Gasteiger partial charge in [-0.25, -0.2) is 13.1 Å². The van der Waals surface area contributed by atoms with Crippen LogP contribution in [0.1, 0.15) is 19.8 Å². The van der Waals surface area contributed by atoms with E-state index in [1.165, 1.54) is 16.9 Å². The highest BCUT2D eigenvalue weighted by atomic mass is 32.2. The van der Waals surface area contributed by atoms with Gasteiger partial charge in [0.1, 0.15) is 0 Å². The first-order valence-corrected chi connectivity index (χ1v) is 7.17. The number of nitrogens with two attached hydrogens (primary N) is 1. The van der Waals surface area contributed by atoms with E-state index in [-0.39, 0.29) is 10.9 Å². The molecule has 1 heterocycles. The third-order valence-corrected chi connectivity index (χ3v) is 4.26. The maximum atomic E-state index is 11.9. The molecule has 0 aliphatic rings. The number of aryl methyl sites for hydroxylation is 1. The summed E-state index contributed by atoms with van der Waals surface area (Å²) >= 11 is 0. The van der Waals surface area contributed by atoms with Gasteiger partial charge in [0.15, 0.2) is 5.03 Å². The van der Waals surface area contributed by atoms with Gasteiger partial charge in [0.2, 0.25) is 0 Å². The topological polar surface area (TPSA) is 90.0 Å². The van der Waals surface area contributed by atoms with Crippen molar-refractivity contribution in [1.29, 1.82) is 0 Å². The van der Waals surface area contributed by atoms with Crippen molar-refractivity contribution in [3.8, 4) is 0 Å². The Morgan fingerprint density at radius 1 is 1.59 bits per heavy atom. The van der Waals surface area contributed by atoms with Crippen molar-refractivity contribution in [2.75, 3.05) is 13.1 Å². The van der Waals surface area contributed by atoms with Crippen LogP contribution >= 0.6 is 0 Å². The molecule has 0 saturated carbocycles. The quantitative estimate of drug-likeness (QED) is 0.726. The monoisotopic (exact) mass is 260 g/mol. The minimum Gasteiger partial charge on any atom is -0.330 e. The Balaban J connectivity index is 2.65. The van der Waals surface area contributed by atoms with Crippen LogP contribution in [-0.2, 0) is 17.1 Å². The minimum absolute atomic E-state index is 0.181. The smallest absolute Gasteiger partial charge is 0.257 e. The van der Waals surface area contributed by atoms with E-state index >= 15 is 0 Å². The van der Waals surface area contributed by atoms with Crippen molar-refractivity contribution in [2.24, 2.45) is 18.7 Å². The molecule has 0 bridgehead atoms. The van der Waals surface area contributed by atoms with E-state index in [4.69, 9.17) is 5.73 Å².